The molecular formula is C12H15IN4S. The third-order valence-corrected chi connectivity index (χ3v) is 5.02. The molecule has 0 aromatic carbocycles. The van der Waals surface area contributed by atoms with Crippen molar-refractivity contribution in [3.05, 3.63) is 19.7 Å². The highest BCUT2D eigenvalue weighted by atomic mass is 127. The molecule has 6 heteroatoms. The van der Waals surface area contributed by atoms with Crippen molar-refractivity contribution in [2.45, 2.75) is 33.1 Å². The number of nitrogens with two attached hydrogens (primary N) is 1. The number of halogens is 1. The van der Waals surface area contributed by atoms with Gasteiger partial charge in [0.2, 0.25) is 0 Å². The van der Waals surface area contributed by atoms with Gasteiger partial charge in [0.15, 0.2) is 5.82 Å². The van der Waals surface area contributed by atoms with Gasteiger partial charge in [-0.3, -0.25) is 0 Å². The number of rotatable bonds is 1. The van der Waals surface area contributed by atoms with Gasteiger partial charge < -0.3 is 5.73 Å². The fraction of sp³-hybridized carbons (Fsp3) is 0.417. The predicted molar refractivity (Wildman–Crippen MR) is 83.7 cm³/mol. The average Bonchev–Trinajstić information content (AvgIpc) is 2.73. The molecule has 96 valence electrons. The maximum atomic E-state index is 5.87. The fourth-order valence-corrected chi connectivity index (χ4v) is 2.54. The van der Waals surface area contributed by atoms with E-state index in [0.717, 1.165) is 20.0 Å². The Hall–Kier alpha value is -0.760. The molecule has 0 atom stereocenters. The van der Waals surface area contributed by atoms with Crippen LogP contribution in [0.2, 0.25) is 0 Å². The van der Waals surface area contributed by atoms with Crippen LogP contribution in [-0.2, 0) is 5.41 Å². The van der Waals surface area contributed by atoms with Gasteiger partial charge in [-0.25, -0.2) is 15.0 Å². The number of nitrogen functional groups attached to an aromatic ring is 1. The second kappa shape index (κ2) is 4.73. The zero-order chi connectivity index (χ0) is 13.5. The summed E-state index contributed by atoms with van der Waals surface area (Å²) in [6, 6.07) is 0. The number of aromatic nitrogens is 3. The number of hydrogen-bond donors (Lipinski definition) is 1. The number of anilines is 1. The minimum Gasteiger partial charge on any atom is -0.383 e. The molecule has 0 aliphatic heterocycles. The zero-order valence-electron chi connectivity index (χ0n) is 10.8. The van der Waals surface area contributed by atoms with E-state index in [2.05, 4.69) is 58.3 Å². The van der Waals surface area contributed by atoms with Crippen LogP contribution in [0.25, 0.3) is 11.5 Å². The van der Waals surface area contributed by atoms with Crippen molar-refractivity contribution < 1.29 is 0 Å². The Labute approximate surface area is 124 Å². The molecule has 2 heterocycles. The molecule has 2 aromatic rings. The maximum Gasteiger partial charge on any atom is 0.181 e. The highest BCUT2D eigenvalue weighted by Gasteiger charge is 2.19. The summed E-state index contributed by atoms with van der Waals surface area (Å²) in [5.74, 6) is 1.13. The van der Waals surface area contributed by atoms with Crippen LogP contribution in [-0.4, -0.2) is 15.0 Å². The molecule has 0 bridgehead atoms. The van der Waals surface area contributed by atoms with Crippen molar-refractivity contribution in [2.24, 2.45) is 0 Å². The van der Waals surface area contributed by atoms with Crippen molar-refractivity contribution in [2.75, 3.05) is 5.73 Å². The van der Waals surface area contributed by atoms with Crippen LogP contribution in [0.5, 0.6) is 0 Å². The van der Waals surface area contributed by atoms with E-state index in [1.807, 2.05) is 12.3 Å². The second-order valence-electron chi connectivity index (χ2n) is 5.12. The van der Waals surface area contributed by atoms with Crippen LogP contribution in [0.15, 0.2) is 5.38 Å². The molecule has 2 aromatic heterocycles. The van der Waals surface area contributed by atoms with Crippen molar-refractivity contribution in [3.63, 3.8) is 0 Å². The van der Waals surface area contributed by atoms with E-state index >= 15 is 0 Å². The number of nitrogens with zero attached hydrogens (tertiary/aromatic N) is 3. The first kappa shape index (κ1) is 13.7. The number of hydrogen-bond acceptors (Lipinski definition) is 5. The number of aryl methyl sites for hydroxylation is 1. The summed E-state index contributed by atoms with van der Waals surface area (Å²) >= 11 is 3.79. The van der Waals surface area contributed by atoms with Gasteiger partial charge in [-0.15, -0.1) is 11.3 Å². The molecule has 0 fully saturated rings. The largest absolute Gasteiger partial charge is 0.383 e. The third-order valence-electron chi connectivity index (χ3n) is 2.42. The lowest BCUT2D eigenvalue weighted by Gasteiger charge is -2.13. The Morgan fingerprint density at radius 1 is 1.22 bits per heavy atom. The standard InChI is InChI=1S/C12H15IN4S/c1-6-8(13)9(14)17-10(15-6)7-5-18-11(16-7)12(2,3)4/h5H,1-4H3,(H2,14,15,17). The first-order valence-electron chi connectivity index (χ1n) is 5.55. The summed E-state index contributed by atoms with van der Waals surface area (Å²) < 4.78 is 0.905. The van der Waals surface area contributed by atoms with Gasteiger partial charge in [-0.05, 0) is 29.5 Å². The topological polar surface area (TPSA) is 64.7 Å². The number of thiazole rings is 1. The summed E-state index contributed by atoms with van der Waals surface area (Å²) in [5.41, 5.74) is 7.61. The Morgan fingerprint density at radius 3 is 2.39 bits per heavy atom. The van der Waals surface area contributed by atoms with E-state index < -0.39 is 0 Å². The highest BCUT2D eigenvalue weighted by Crippen LogP contribution is 2.29. The van der Waals surface area contributed by atoms with Gasteiger partial charge in [-0.2, -0.15) is 0 Å². The van der Waals surface area contributed by atoms with Gasteiger partial charge in [0.05, 0.1) is 14.3 Å². The molecule has 0 spiro atoms. The van der Waals surface area contributed by atoms with Crippen LogP contribution in [0.4, 0.5) is 5.82 Å². The Kier molecular flexibility index (Phi) is 3.59. The van der Waals surface area contributed by atoms with Gasteiger partial charge >= 0.3 is 0 Å². The lowest BCUT2D eigenvalue weighted by molar-refractivity contribution is 0.586. The highest BCUT2D eigenvalue weighted by molar-refractivity contribution is 14.1. The van der Waals surface area contributed by atoms with Crippen LogP contribution in [0.1, 0.15) is 31.5 Å². The molecule has 0 aliphatic rings. The maximum absolute atomic E-state index is 5.87. The van der Waals surface area contributed by atoms with Gasteiger partial charge in [0, 0.05) is 10.8 Å². The van der Waals surface area contributed by atoms with E-state index in [9.17, 15) is 0 Å². The van der Waals surface area contributed by atoms with Crippen molar-refractivity contribution in [1.29, 1.82) is 0 Å². The molecule has 0 unspecified atom stereocenters. The quantitative estimate of drug-likeness (QED) is 0.778. The third kappa shape index (κ3) is 2.64. The first-order chi connectivity index (χ1) is 8.29. The molecule has 0 aliphatic carbocycles. The van der Waals surface area contributed by atoms with Gasteiger partial charge in [0.25, 0.3) is 0 Å². The molecule has 2 rings (SSSR count). The lowest BCUT2D eigenvalue weighted by Crippen LogP contribution is -2.10. The van der Waals surface area contributed by atoms with Crippen molar-refractivity contribution in [1.82, 2.24) is 15.0 Å². The molecule has 4 nitrogen and oxygen atoms in total. The summed E-state index contributed by atoms with van der Waals surface area (Å²) in [6.45, 7) is 8.36. The van der Waals surface area contributed by atoms with Crippen LogP contribution >= 0.6 is 33.9 Å². The minimum absolute atomic E-state index is 0.0483. The van der Waals surface area contributed by atoms with E-state index in [1.54, 1.807) is 11.3 Å². The van der Waals surface area contributed by atoms with Crippen LogP contribution in [0, 0.1) is 10.5 Å². The summed E-state index contributed by atoms with van der Waals surface area (Å²) in [4.78, 5) is 13.3. The van der Waals surface area contributed by atoms with E-state index in [4.69, 9.17) is 5.73 Å². The smallest absolute Gasteiger partial charge is 0.181 e. The minimum atomic E-state index is 0.0483. The lowest BCUT2D eigenvalue weighted by atomic mass is 9.98. The summed E-state index contributed by atoms with van der Waals surface area (Å²) in [5, 5.41) is 3.07. The molecular weight excluding hydrogens is 359 g/mol. The molecule has 0 amide bonds. The van der Waals surface area contributed by atoms with Crippen molar-refractivity contribution in [3.8, 4) is 11.5 Å². The molecule has 0 radical (unpaired) electrons. The molecule has 2 N–H and O–H groups in total. The summed E-state index contributed by atoms with van der Waals surface area (Å²) in [7, 11) is 0. The van der Waals surface area contributed by atoms with Crippen LogP contribution < -0.4 is 5.73 Å². The molecule has 0 saturated heterocycles. The predicted octanol–water partition coefficient (Wildman–Crippen LogP) is 3.39. The van der Waals surface area contributed by atoms with Crippen molar-refractivity contribution >= 4 is 39.7 Å². The van der Waals surface area contributed by atoms with Gasteiger partial charge in [0.1, 0.15) is 11.5 Å². The SMILES string of the molecule is Cc1nc(-c2csc(C(C)(C)C)n2)nc(N)c1I. The average molecular weight is 374 g/mol. The van der Waals surface area contributed by atoms with Crippen LogP contribution in [0.3, 0.4) is 0 Å². The normalized spacial score (nSPS) is 11.8. The monoisotopic (exact) mass is 374 g/mol. The zero-order valence-corrected chi connectivity index (χ0v) is 13.8. The fourth-order valence-electron chi connectivity index (χ4n) is 1.42. The van der Waals surface area contributed by atoms with E-state index in [1.165, 1.54) is 0 Å². The first-order valence-corrected chi connectivity index (χ1v) is 7.51. The molecule has 0 saturated carbocycles. The second-order valence-corrected chi connectivity index (χ2v) is 7.06. The molecule has 18 heavy (non-hydrogen) atoms. The summed E-state index contributed by atoms with van der Waals surface area (Å²) in [6.07, 6.45) is 0. The van der Waals surface area contributed by atoms with E-state index in [0.29, 0.717) is 11.6 Å². The Morgan fingerprint density at radius 2 is 1.89 bits per heavy atom. The van der Waals surface area contributed by atoms with E-state index in [-0.39, 0.29) is 5.41 Å². The van der Waals surface area contributed by atoms with Gasteiger partial charge in [-0.1, -0.05) is 20.8 Å². The Balaban J connectivity index is 2.47. The Bertz CT molecular complexity index is 563.